The summed E-state index contributed by atoms with van der Waals surface area (Å²) in [5, 5.41) is 4.74. The molecule has 0 atom stereocenters. The molecule has 3 heterocycles. The number of aryl methyl sites for hydroxylation is 1. The SMILES string of the molecule is Nc1sc2c(c1-c1nc(-c3ncc[nH]3)no1)CCCC2. The van der Waals surface area contributed by atoms with Crippen LogP contribution < -0.4 is 5.73 Å². The molecule has 0 unspecified atom stereocenters. The highest BCUT2D eigenvalue weighted by atomic mass is 32.1. The number of nitrogens with zero attached hydrogens (tertiary/aromatic N) is 3. The van der Waals surface area contributed by atoms with E-state index in [1.54, 1.807) is 23.7 Å². The van der Waals surface area contributed by atoms with Crippen LogP contribution in [0.1, 0.15) is 23.3 Å². The molecule has 3 aromatic rings. The Balaban J connectivity index is 1.80. The summed E-state index contributed by atoms with van der Waals surface area (Å²) in [6, 6.07) is 0. The van der Waals surface area contributed by atoms with Crippen LogP contribution in [0.2, 0.25) is 0 Å². The van der Waals surface area contributed by atoms with E-state index in [2.05, 4.69) is 20.1 Å². The fourth-order valence-corrected chi connectivity index (χ4v) is 3.78. The van der Waals surface area contributed by atoms with E-state index >= 15 is 0 Å². The summed E-state index contributed by atoms with van der Waals surface area (Å²) in [7, 11) is 0. The van der Waals surface area contributed by atoms with Gasteiger partial charge >= 0.3 is 0 Å². The van der Waals surface area contributed by atoms with Crippen LogP contribution in [-0.4, -0.2) is 20.1 Å². The third-order valence-corrected chi connectivity index (χ3v) is 4.67. The lowest BCUT2D eigenvalue weighted by atomic mass is 9.95. The van der Waals surface area contributed by atoms with Gasteiger partial charge in [0.1, 0.15) is 0 Å². The maximum absolute atomic E-state index is 6.15. The number of fused-ring (bicyclic) bond motifs is 1. The maximum Gasteiger partial charge on any atom is 0.261 e. The lowest BCUT2D eigenvalue weighted by molar-refractivity contribution is 0.431. The molecule has 0 saturated carbocycles. The molecule has 0 bridgehead atoms. The molecule has 0 spiro atoms. The third-order valence-electron chi connectivity index (χ3n) is 3.55. The van der Waals surface area contributed by atoms with Gasteiger partial charge in [0.15, 0.2) is 5.82 Å². The number of thiophene rings is 1. The van der Waals surface area contributed by atoms with Crippen molar-refractivity contribution in [3.63, 3.8) is 0 Å². The Bertz CT molecular complexity index is 743. The summed E-state index contributed by atoms with van der Waals surface area (Å²) in [5.74, 6) is 1.55. The first-order valence-electron chi connectivity index (χ1n) is 6.57. The molecule has 102 valence electrons. The Morgan fingerprint density at radius 2 is 2.20 bits per heavy atom. The predicted octanol–water partition coefficient (Wildman–Crippen LogP) is 2.65. The molecule has 1 aliphatic rings. The van der Waals surface area contributed by atoms with Crippen molar-refractivity contribution in [2.45, 2.75) is 25.7 Å². The van der Waals surface area contributed by atoms with E-state index in [1.165, 1.54) is 23.3 Å². The van der Waals surface area contributed by atoms with Crippen molar-refractivity contribution >= 4 is 16.3 Å². The van der Waals surface area contributed by atoms with Gasteiger partial charge in [0, 0.05) is 17.3 Å². The number of aromatic amines is 1. The highest BCUT2D eigenvalue weighted by Gasteiger charge is 2.24. The second-order valence-corrected chi connectivity index (χ2v) is 5.95. The summed E-state index contributed by atoms with van der Waals surface area (Å²) in [4.78, 5) is 12.9. The van der Waals surface area contributed by atoms with Crippen LogP contribution in [0.3, 0.4) is 0 Å². The lowest BCUT2D eigenvalue weighted by Gasteiger charge is -2.10. The second kappa shape index (κ2) is 4.45. The largest absolute Gasteiger partial charge is 0.390 e. The van der Waals surface area contributed by atoms with E-state index < -0.39 is 0 Å². The molecule has 1 aliphatic carbocycles. The lowest BCUT2D eigenvalue weighted by Crippen LogP contribution is -1.99. The number of imidazole rings is 1. The molecule has 0 radical (unpaired) electrons. The molecule has 0 amide bonds. The fourth-order valence-electron chi connectivity index (χ4n) is 2.63. The Morgan fingerprint density at radius 3 is 3.05 bits per heavy atom. The van der Waals surface area contributed by atoms with E-state index in [9.17, 15) is 0 Å². The van der Waals surface area contributed by atoms with Crippen molar-refractivity contribution in [2.24, 2.45) is 0 Å². The highest BCUT2D eigenvalue weighted by Crippen LogP contribution is 2.42. The van der Waals surface area contributed by atoms with Crippen LogP contribution in [0.25, 0.3) is 23.1 Å². The van der Waals surface area contributed by atoms with E-state index in [1.807, 2.05) is 0 Å². The zero-order chi connectivity index (χ0) is 13.5. The zero-order valence-electron chi connectivity index (χ0n) is 10.7. The van der Waals surface area contributed by atoms with Gasteiger partial charge in [-0.2, -0.15) is 4.98 Å². The summed E-state index contributed by atoms with van der Waals surface area (Å²) < 4.78 is 5.39. The minimum Gasteiger partial charge on any atom is -0.390 e. The smallest absolute Gasteiger partial charge is 0.261 e. The fraction of sp³-hybridized carbons (Fsp3) is 0.308. The van der Waals surface area contributed by atoms with E-state index in [0.29, 0.717) is 17.5 Å². The normalized spacial score (nSPS) is 14.4. The number of nitrogens with one attached hydrogen (secondary N) is 1. The van der Waals surface area contributed by atoms with Crippen molar-refractivity contribution in [1.29, 1.82) is 0 Å². The van der Waals surface area contributed by atoms with E-state index in [-0.39, 0.29) is 0 Å². The van der Waals surface area contributed by atoms with Crippen LogP contribution in [0, 0.1) is 0 Å². The molecule has 6 nitrogen and oxygen atoms in total. The number of hydrogen-bond donors (Lipinski definition) is 2. The number of nitrogens with two attached hydrogens (primary N) is 1. The van der Waals surface area contributed by atoms with Gasteiger partial charge in [-0.3, -0.25) is 0 Å². The van der Waals surface area contributed by atoms with E-state index in [4.69, 9.17) is 10.3 Å². The molecular weight excluding hydrogens is 274 g/mol. The van der Waals surface area contributed by atoms with Gasteiger partial charge in [-0.15, -0.1) is 11.3 Å². The molecule has 20 heavy (non-hydrogen) atoms. The minimum absolute atomic E-state index is 0.458. The van der Waals surface area contributed by atoms with Gasteiger partial charge in [0.25, 0.3) is 5.89 Å². The molecule has 0 fully saturated rings. The first-order valence-corrected chi connectivity index (χ1v) is 7.38. The van der Waals surface area contributed by atoms with Crippen molar-refractivity contribution in [3.05, 3.63) is 22.8 Å². The average molecular weight is 287 g/mol. The molecule has 0 aliphatic heterocycles. The van der Waals surface area contributed by atoms with Crippen molar-refractivity contribution in [3.8, 4) is 23.1 Å². The van der Waals surface area contributed by atoms with Crippen molar-refractivity contribution < 1.29 is 4.52 Å². The van der Waals surface area contributed by atoms with Gasteiger partial charge in [0.05, 0.1) is 10.6 Å². The van der Waals surface area contributed by atoms with Gasteiger partial charge in [-0.1, -0.05) is 5.16 Å². The van der Waals surface area contributed by atoms with Crippen LogP contribution in [0.4, 0.5) is 5.00 Å². The molecule has 3 aromatic heterocycles. The Morgan fingerprint density at radius 1 is 1.30 bits per heavy atom. The molecule has 3 N–H and O–H groups in total. The monoisotopic (exact) mass is 287 g/mol. The minimum atomic E-state index is 0.458. The van der Waals surface area contributed by atoms with E-state index in [0.717, 1.165) is 23.4 Å². The quantitative estimate of drug-likeness (QED) is 0.755. The number of nitrogen functional groups attached to an aromatic ring is 1. The predicted molar refractivity (Wildman–Crippen MR) is 76.2 cm³/mol. The number of aromatic nitrogens is 4. The van der Waals surface area contributed by atoms with Crippen LogP contribution >= 0.6 is 11.3 Å². The maximum atomic E-state index is 6.15. The summed E-state index contributed by atoms with van der Waals surface area (Å²) in [5.41, 5.74) is 8.36. The third kappa shape index (κ3) is 1.74. The number of H-pyrrole nitrogens is 1. The first-order chi connectivity index (χ1) is 9.83. The standard InChI is InChI=1S/C13H13N5OS/c14-10-9(7-3-1-2-4-8(7)20-10)13-17-12(18-19-13)11-15-5-6-16-11/h5-6H,1-4,14H2,(H,15,16). The Labute approximate surface area is 119 Å². The number of hydrogen-bond acceptors (Lipinski definition) is 6. The highest BCUT2D eigenvalue weighted by molar-refractivity contribution is 7.16. The Hall–Kier alpha value is -2.15. The average Bonchev–Trinajstić information content (AvgIpc) is 3.16. The molecular formula is C13H13N5OS. The Kier molecular flexibility index (Phi) is 2.59. The number of anilines is 1. The summed E-state index contributed by atoms with van der Waals surface area (Å²) in [6.07, 6.45) is 7.95. The number of rotatable bonds is 2. The molecule has 4 rings (SSSR count). The summed E-state index contributed by atoms with van der Waals surface area (Å²) >= 11 is 1.64. The van der Waals surface area contributed by atoms with Crippen LogP contribution in [-0.2, 0) is 12.8 Å². The first kappa shape index (κ1) is 11.7. The molecule has 0 aromatic carbocycles. The van der Waals surface area contributed by atoms with Gasteiger partial charge in [0.2, 0.25) is 5.82 Å². The molecule has 7 heteroatoms. The van der Waals surface area contributed by atoms with Crippen molar-refractivity contribution in [2.75, 3.05) is 5.73 Å². The summed E-state index contributed by atoms with van der Waals surface area (Å²) in [6.45, 7) is 0. The van der Waals surface area contributed by atoms with Gasteiger partial charge < -0.3 is 15.2 Å². The topological polar surface area (TPSA) is 93.6 Å². The zero-order valence-corrected chi connectivity index (χ0v) is 11.5. The molecule has 0 saturated heterocycles. The van der Waals surface area contributed by atoms with Crippen LogP contribution in [0.5, 0.6) is 0 Å². The van der Waals surface area contributed by atoms with Crippen molar-refractivity contribution in [1.82, 2.24) is 20.1 Å². The van der Waals surface area contributed by atoms with Gasteiger partial charge in [-0.05, 0) is 31.2 Å². The second-order valence-electron chi connectivity index (χ2n) is 4.81. The van der Waals surface area contributed by atoms with Crippen LogP contribution in [0.15, 0.2) is 16.9 Å². The van der Waals surface area contributed by atoms with Gasteiger partial charge in [-0.25, -0.2) is 4.98 Å².